The van der Waals surface area contributed by atoms with Gasteiger partial charge in [-0.3, -0.25) is 0 Å². The summed E-state index contributed by atoms with van der Waals surface area (Å²) in [6, 6.07) is 15.0. The monoisotopic (exact) mass is 312 g/mol. The van der Waals surface area contributed by atoms with Crippen LogP contribution in [0.15, 0.2) is 48.5 Å². The average molecular weight is 312 g/mol. The van der Waals surface area contributed by atoms with Gasteiger partial charge in [0.2, 0.25) is 6.10 Å². The van der Waals surface area contributed by atoms with E-state index in [0.717, 1.165) is 31.2 Å². The molecular formula is C20H24O3. The molecule has 1 unspecified atom stereocenters. The van der Waals surface area contributed by atoms with Crippen molar-refractivity contribution in [2.24, 2.45) is 0 Å². The smallest absolute Gasteiger partial charge is 0.349 e. The fourth-order valence-corrected chi connectivity index (χ4v) is 2.77. The van der Waals surface area contributed by atoms with Gasteiger partial charge in [0.1, 0.15) is 5.75 Å². The van der Waals surface area contributed by atoms with Crippen LogP contribution in [0.5, 0.6) is 5.75 Å². The number of benzene rings is 2. The predicted octanol–water partition coefficient (Wildman–Crippen LogP) is 4.80. The molecule has 2 aromatic carbocycles. The third-order valence-corrected chi connectivity index (χ3v) is 3.82. The molecule has 122 valence electrons. The molecule has 0 radical (unpaired) electrons. The molecule has 0 heterocycles. The summed E-state index contributed by atoms with van der Waals surface area (Å²) in [4.78, 5) is 11.7. The second-order valence-corrected chi connectivity index (χ2v) is 5.64. The quantitative estimate of drug-likeness (QED) is 0.762. The van der Waals surface area contributed by atoms with Gasteiger partial charge in [0, 0.05) is 5.56 Å². The summed E-state index contributed by atoms with van der Waals surface area (Å²) in [7, 11) is 0. The van der Waals surface area contributed by atoms with Gasteiger partial charge in [-0.25, -0.2) is 4.79 Å². The summed E-state index contributed by atoms with van der Waals surface area (Å²) in [6.45, 7) is 4.27. The van der Waals surface area contributed by atoms with Crippen LogP contribution in [0.2, 0.25) is 0 Å². The first-order chi connectivity index (χ1) is 11.2. The topological polar surface area (TPSA) is 46.5 Å². The molecule has 0 aromatic heterocycles. The molecule has 0 saturated carbocycles. The zero-order chi connectivity index (χ0) is 16.7. The Morgan fingerprint density at radius 1 is 1.00 bits per heavy atom. The van der Waals surface area contributed by atoms with Crippen molar-refractivity contribution in [3.63, 3.8) is 0 Å². The zero-order valence-electron chi connectivity index (χ0n) is 13.8. The van der Waals surface area contributed by atoms with Gasteiger partial charge in [0.25, 0.3) is 0 Å². The van der Waals surface area contributed by atoms with Crippen molar-refractivity contribution < 1.29 is 14.6 Å². The number of rotatable bonds is 8. The van der Waals surface area contributed by atoms with Gasteiger partial charge >= 0.3 is 5.97 Å². The third-order valence-electron chi connectivity index (χ3n) is 3.82. The molecule has 0 saturated heterocycles. The Morgan fingerprint density at radius 3 is 2.30 bits per heavy atom. The maximum absolute atomic E-state index is 11.7. The zero-order valence-corrected chi connectivity index (χ0v) is 13.8. The van der Waals surface area contributed by atoms with E-state index in [4.69, 9.17) is 4.74 Å². The summed E-state index contributed by atoms with van der Waals surface area (Å²) in [6.07, 6.45) is 2.95. The van der Waals surface area contributed by atoms with Crippen molar-refractivity contribution in [1.29, 1.82) is 0 Å². The summed E-state index contributed by atoms with van der Waals surface area (Å²) < 4.78 is 5.93. The lowest BCUT2D eigenvalue weighted by Crippen LogP contribution is -2.19. The van der Waals surface area contributed by atoms with Crippen LogP contribution in [-0.4, -0.2) is 11.1 Å². The molecule has 0 aliphatic rings. The Balaban J connectivity index is 2.36. The van der Waals surface area contributed by atoms with Crippen LogP contribution in [-0.2, 0) is 17.6 Å². The molecule has 1 atom stereocenters. The van der Waals surface area contributed by atoms with E-state index in [-0.39, 0.29) is 0 Å². The first kappa shape index (κ1) is 17.1. The van der Waals surface area contributed by atoms with E-state index in [1.807, 2.05) is 30.3 Å². The third kappa shape index (κ3) is 4.35. The largest absolute Gasteiger partial charge is 0.478 e. The number of carbonyl (C=O) groups is 1. The van der Waals surface area contributed by atoms with Crippen molar-refractivity contribution in [1.82, 2.24) is 0 Å². The van der Waals surface area contributed by atoms with E-state index in [2.05, 4.69) is 19.9 Å². The summed E-state index contributed by atoms with van der Waals surface area (Å²) >= 11 is 0. The molecule has 0 aliphatic carbocycles. The Hall–Kier alpha value is -2.29. The molecule has 3 heteroatoms. The molecule has 1 N–H and O–H groups in total. The molecule has 0 spiro atoms. The molecule has 0 amide bonds. The van der Waals surface area contributed by atoms with Crippen LogP contribution in [0.25, 0.3) is 0 Å². The number of carboxylic acids is 1. The molecular weight excluding hydrogens is 288 g/mol. The molecule has 0 fully saturated rings. The lowest BCUT2D eigenvalue weighted by atomic mass is 9.98. The highest BCUT2D eigenvalue weighted by atomic mass is 16.5. The highest BCUT2D eigenvalue weighted by Crippen LogP contribution is 2.30. The van der Waals surface area contributed by atoms with E-state index in [0.29, 0.717) is 11.3 Å². The Bertz CT molecular complexity index is 635. The molecule has 0 bridgehead atoms. The SMILES string of the molecule is CCCc1cccc(OC(C(=O)O)c2ccccc2)c1CCC. The van der Waals surface area contributed by atoms with Gasteiger partial charge in [-0.1, -0.05) is 69.2 Å². The van der Waals surface area contributed by atoms with Crippen molar-refractivity contribution in [2.45, 2.75) is 45.6 Å². The maximum atomic E-state index is 11.7. The Kier molecular flexibility index (Phi) is 6.21. The second kappa shape index (κ2) is 8.37. The minimum absolute atomic E-state index is 0.656. The standard InChI is InChI=1S/C20H24O3/c1-3-9-15-13-8-14-18(17(15)10-4-2)23-19(20(21)22)16-11-6-5-7-12-16/h5-8,11-14,19H,3-4,9-10H2,1-2H3,(H,21,22). The fraction of sp³-hybridized carbons (Fsp3) is 0.350. The molecule has 2 aromatic rings. The highest BCUT2D eigenvalue weighted by molar-refractivity contribution is 5.75. The van der Waals surface area contributed by atoms with Gasteiger partial charge in [-0.15, -0.1) is 0 Å². The number of ether oxygens (including phenoxy) is 1. The number of aliphatic carboxylic acids is 1. The van der Waals surface area contributed by atoms with Crippen LogP contribution >= 0.6 is 0 Å². The maximum Gasteiger partial charge on any atom is 0.349 e. The number of carboxylic acid groups (broad SMARTS) is 1. The average Bonchev–Trinajstić information content (AvgIpc) is 2.56. The first-order valence-electron chi connectivity index (χ1n) is 8.22. The van der Waals surface area contributed by atoms with Gasteiger partial charge in [-0.2, -0.15) is 0 Å². The lowest BCUT2D eigenvalue weighted by molar-refractivity contribution is -0.145. The van der Waals surface area contributed by atoms with E-state index in [1.165, 1.54) is 5.56 Å². The van der Waals surface area contributed by atoms with Crippen molar-refractivity contribution in [3.05, 3.63) is 65.2 Å². The molecule has 0 aliphatic heterocycles. The van der Waals surface area contributed by atoms with Gasteiger partial charge in [-0.05, 0) is 30.0 Å². The lowest BCUT2D eigenvalue weighted by Gasteiger charge is -2.20. The molecule has 2 rings (SSSR count). The minimum atomic E-state index is -0.983. The van der Waals surface area contributed by atoms with Crippen molar-refractivity contribution in [2.75, 3.05) is 0 Å². The van der Waals surface area contributed by atoms with Crippen molar-refractivity contribution in [3.8, 4) is 5.75 Å². The number of aryl methyl sites for hydroxylation is 1. The summed E-state index contributed by atoms with van der Waals surface area (Å²) in [5.41, 5.74) is 3.05. The predicted molar refractivity (Wildman–Crippen MR) is 91.9 cm³/mol. The van der Waals surface area contributed by atoms with Crippen LogP contribution in [0.3, 0.4) is 0 Å². The van der Waals surface area contributed by atoms with E-state index in [9.17, 15) is 9.90 Å². The Morgan fingerprint density at radius 2 is 1.70 bits per heavy atom. The van der Waals surface area contributed by atoms with E-state index in [1.54, 1.807) is 12.1 Å². The Labute approximate surface area is 137 Å². The number of hydrogen-bond acceptors (Lipinski definition) is 2. The summed E-state index contributed by atoms with van der Waals surface area (Å²) in [5, 5.41) is 9.56. The van der Waals surface area contributed by atoms with Crippen LogP contribution < -0.4 is 4.74 Å². The fourth-order valence-electron chi connectivity index (χ4n) is 2.77. The van der Waals surface area contributed by atoms with Gasteiger partial charge in [0.05, 0.1) is 0 Å². The molecule has 23 heavy (non-hydrogen) atoms. The summed E-state index contributed by atoms with van der Waals surface area (Å²) in [5.74, 6) is -0.284. The first-order valence-corrected chi connectivity index (χ1v) is 8.22. The molecule has 3 nitrogen and oxygen atoms in total. The normalized spacial score (nSPS) is 11.9. The highest BCUT2D eigenvalue weighted by Gasteiger charge is 2.23. The number of hydrogen-bond donors (Lipinski definition) is 1. The second-order valence-electron chi connectivity index (χ2n) is 5.64. The van der Waals surface area contributed by atoms with Gasteiger partial charge < -0.3 is 9.84 Å². The van der Waals surface area contributed by atoms with E-state index >= 15 is 0 Å². The van der Waals surface area contributed by atoms with Crippen LogP contribution in [0.1, 0.15) is 49.5 Å². The van der Waals surface area contributed by atoms with Crippen LogP contribution in [0.4, 0.5) is 0 Å². The van der Waals surface area contributed by atoms with E-state index < -0.39 is 12.1 Å². The van der Waals surface area contributed by atoms with Crippen molar-refractivity contribution >= 4 is 5.97 Å². The van der Waals surface area contributed by atoms with Gasteiger partial charge in [0.15, 0.2) is 0 Å². The minimum Gasteiger partial charge on any atom is -0.478 e. The van der Waals surface area contributed by atoms with Crippen LogP contribution in [0, 0.1) is 0 Å².